The molecule has 0 aliphatic rings. The number of carboxylic acids is 1. The highest BCUT2D eigenvalue weighted by Gasteiger charge is 2.16. The highest BCUT2D eigenvalue weighted by atomic mass is 16.5. The first kappa shape index (κ1) is 15.8. The van der Waals surface area contributed by atoms with E-state index in [1.807, 2.05) is 12.1 Å². The Morgan fingerprint density at radius 1 is 1.30 bits per heavy atom. The first-order valence-electron chi connectivity index (χ1n) is 5.97. The lowest BCUT2D eigenvalue weighted by Crippen LogP contribution is -2.42. The van der Waals surface area contributed by atoms with Crippen molar-refractivity contribution in [1.29, 1.82) is 0 Å². The molecule has 7 heteroatoms. The molecule has 7 nitrogen and oxygen atoms in total. The number of nitrogens with one attached hydrogen (secondary N) is 2. The lowest BCUT2D eigenvalue weighted by molar-refractivity contribution is -0.147. The number of rotatable bonds is 7. The molecule has 0 radical (unpaired) electrons. The zero-order valence-corrected chi connectivity index (χ0v) is 11.4. The molecule has 2 amide bonds. The topological polar surface area (TPSA) is 96.9 Å². The molecule has 1 atom stereocenters. The van der Waals surface area contributed by atoms with E-state index < -0.39 is 18.1 Å². The number of carbonyl (C=O) groups is 2. The average Bonchev–Trinajstić information content (AvgIpc) is 2.45. The zero-order valence-electron chi connectivity index (χ0n) is 11.4. The van der Waals surface area contributed by atoms with Gasteiger partial charge in [0, 0.05) is 13.7 Å². The molecule has 0 heterocycles. The number of methoxy groups -OCH3 is 2. The van der Waals surface area contributed by atoms with Crippen molar-refractivity contribution in [3.8, 4) is 5.75 Å². The van der Waals surface area contributed by atoms with E-state index in [-0.39, 0.29) is 6.54 Å². The number of carboxylic acid groups (broad SMARTS) is 1. The van der Waals surface area contributed by atoms with Crippen LogP contribution < -0.4 is 15.4 Å². The molecule has 20 heavy (non-hydrogen) atoms. The molecule has 0 saturated heterocycles. The highest BCUT2D eigenvalue weighted by Crippen LogP contribution is 2.11. The maximum Gasteiger partial charge on any atom is 0.334 e. The van der Waals surface area contributed by atoms with Crippen molar-refractivity contribution in [3.05, 3.63) is 29.8 Å². The predicted octanol–water partition coefficient (Wildman–Crippen LogP) is 0.594. The van der Waals surface area contributed by atoms with Crippen molar-refractivity contribution < 1.29 is 24.2 Å². The van der Waals surface area contributed by atoms with Gasteiger partial charge in [-0.2, -0.15) is 0 Å². The van der Waals surface area contributed by atoms with Gasteiger partial charge in [-0.1, -0.05) is 12.1 Å². The van der Waals surface area contributed by atoms with Crippen LogP contribution >= 0.6 is 0 Å². The van der Waals surface area contributed by atoms with Crippen LogP contribution in [0, 0.1) is 0 Å². The van der Waals surface area contributed by atoms with E-state index in [1.165, 1.54) is 7.11 Å². The molecule has 0 saturated carbocycles. The van der Waals surface area contributed by atoms with Gasteiger partial charge in [-0.3, -0.25) is 0 Å². The van der Waals surface area contributed by atoms with Gasteiger partial charge in [-0.05, 0) is 17.7 Å². The van der Waals surface area contributed by atoms with Crippen LogP contribution in [0.1, 0.15) is 5.56 Å². The summed E-state index contributed by atoms with van der Waals surface area (Å²) < 4.78 is 9.77. The van der Waals surface area contributed by atoms with E-state index in [1.54, 1.807) is 19.2 Å². The molecule has 110 valence electrons. The molecule has 1 aromatic rings. The summed E-state index contributed by atoms with van der Waals surface area (Å²) in [7, 11) is 2.84. The van der Waals surface area contributed by atoms with Gasteiger partial charge in [-0.25, -0.2) is 9.59 Å². The van der Waals surface area contributed by atoms with E-state index in [2.05, 4.69) is 10.6 Å². The summed E-state index contributed by atoms with van der Waals surface area (Å²) in [6.45, 7) is 0.212. The Morgan fingerprint density at radius 3 is 2.65 bits per heavy atom. The van der Waals surface area contributed by atoms with Crippen LogP contribution in [0.5, 0.6) is 5.75 Å². The van der Waals surface area contributed by atoms with Gasteiger partial charge in [0.1, 0.15) is 5.75 Å². The smallest absolute Gasteiger partial charge is 0.334 e. The minimum atomic E-state index is -1.12. The second kappa shape index (κ2) is 8.00. The summed E-state index contributed by atoms with van der Waals surface area (Å²) >= 11 is 0. The second-order valence-electron chi connectivity index (χ2n) is 3.98. The number of benzene rings is 1. The third-order valence-corrected chi connectivity index (χ3v) is 2.60. The van der Waals surface area contributed by atoms with Crippen LogP contribution in [0.3, 0.4) is 0 Å². The van der Waals surface area contributed by atoms with Crippen molar-refractivity contribution in [2.24, 2.45) is 0 Å². The number of amides is 2. The quantitative estimate of drug-likeness (QED) is 0.680. The summed E-state index contributed by atoms with van der Waals surface area (Å²) in [5, 5.41) is 13.8. The van der Waals surface area contributed by atoms with Crippen molar-refractivity contribution in [1.82, 2.24) is 10.6 Å². The molecule has 1 unspecified atom stereocenters. The van der Waals surface area contributed by atoms with Crippen LogP contribution in [-0.4, -0.2) is 44.0 Å². The molecule has 0 fully saturated rings. The molecule has 3 N–H and O–H groups in total. The zero-order chi connectivity index (χ0) is 15.0. The van der Waals surface area contributed by atoms with Crippen molar-refractivity contribution in [3.63, 3.8) is 0 Å². The molecule has 0 aliphatic carbocycles. The predicted molar refractivity (Wildman–Crippen MR) is 71.7 cm³/mol. The average molecular weight is 282 g/mol. The van der Waals surface area contributed by atoms with E-state index in [0.29, 0.717) is 12.3 Å². The molecule has 1 rings (SSSR count). The highest BCUT2D eigenvalue weighted by molar-refractivity contribution is 5.76. The number of urea groups is 1. The third-order valence-electron chi connectivity index (χ3n) is 2.60. The van der Waals surface area contributed by atoms with Crippen LogP contribution in [0.2, 0.25) is 0 Å². The molecular weight excluding hydrogens is 264 g/mol. The largest absolute Gasteiger partial charge is 0.497 e. The Balaban J connectivity index is 2.37. The van der Waals surface area contributed by atoms with Crippen LogP contribution in [0.25, 0.3) is 0 Å². The fraction of sp³-hybridized carbons (Fsp3) is 0.385. The maximum atomic E-state index is 11.5. The standard InChI is InChI=1S/C13H18N2O5/c1-19-10-5-3-4-9(6-10)7-14-13(18)15-8-11(20-2)12(16)17/h3-6,11H,7-8H2,1-2H3,(H,16,17)(H2,14,15,18). The van der Waals surface area contributed by atoms with Crippen molar-refractivity contribution in [2.75, 3.05) is 20.8 Å². The lowest BCUT2D eigenvalue weighted by atomic mass is 10.2. The van der Waals surface area contributed by atoms with Gasteiger partial charge < -0.3 is 25.2 Å². The first-order valence-corrected chi connectivity index (χ1v) is 5.97. The summed E-state index contributed by atoms with van der Waals surface area (Å²) in [6, 6.07) is 6.81. The van der Waals surface area contributed by atoms with Gasteiger partial charge in [0.05, 0.1) is 13.7 Å². The fourth-order valence-corrected chi connectivity index (χ4v) is 1.48. The van der Waals surface area contributed by atoms with Gasteiger partial charge in [-0.15, -0.1) is 0 Å². The Bertz CT molecular complexity index is 464. The summed E-state index contributed by atoms with van der Waals surface area (Å²) in [5.74, 6) is -0.421. The van der Waals surface area contributed by atoms with Gasteiger partial charge >= 0.3 is 12.0 Å². The molecule has 0 aliphatic heterocycles. The van der Waals surface area contributed by atoms with E-state index >= 15 is 0 Å². The van der Waals surface area contributed by atoms with E-state index in [9.17, 15) is 9.59 Å². The van der Waals surface area contributed by atoms with Crippen LogP contribution in [0.15, 0.2) is 24.3 Å². The fourth-order valence-electron chi connectivity index (χ4n) is 1.48. The molecule has 1 aromatic carbocycles. The number of hydrogen-bond acceptors (Lipinski definition) is 4. The summed E-state index contributed by atoms with van der Waals surface area (Å²) in [5.41, 5.74) is 0.876. The number of aliphatic carboxylic acids is 1. The Labute approximate surface area is 116 Å². The normalized spacial score (nSPS) is 11.5. The molecule has 0 bridgehead atoms. The second-order valence-corrected chi connectivity index (χ2v) is 3.98. The number of ether oxygens (including phenoxy) is 2. The molecular formula is C13H18N2O5. The molecule has 0 aromatic heterocycles. The van der Waals surface area contributed by atoms with Crippen molar-refractivity contribution >= 4 is 12.0 Å². The minimum Gasteiger partial charge on any atom is -0.497 e. The Hall–Kier alpha value is -2.28. The van der Waals surface area contributed by atoms with Crippen molar-refractivity contribution in [2.45, 2.75) is 12.6 Å². The SMILES string of the molecule is COc1cccc(CNC(=O)NCC(OC)C(=O)O)c1. The van der Waals surface area contributed by atoms with Gasteiger partial charge in [0.15, 0.2) is 6.10 Å². The van der Waals surface area contributed by atoms with Gasteiger partial charge in [0.25, 0.3) is 0 Å². The number of hydrogen-bond donors (Lipinski definition) is 3. The monoisotopic (exact) mass is 282 g/mol. The van der Waals surface area contributed by atoms with Gasteiger partial charge in [0.2, 0.25) is 0 Å². The van der Waals surface area contributed by atoms with E-state index in [4.69, 9.17) is 14.6 Å². The van der Waals surface area contributed by atoms with Crippen LogP contribution in [0.4, 0.5) is 4.79 Å². The Kier molecular flexibility index (Phi) is 6.31. The lowest BCUT2D eigenvalue weighted by Gasteiger charge is -2.12. The third kappa shape index (κ3) is 5.15. The summed E-state index contributed by atoms with van der Waals surface area (Å²) in [6.07, 6.45) is -1.06. The number of carbonyl (C=O) groups excluding carboxylic acids is 1. The molecule has 0 spiro atoms. The minimum absolute atomic E-state index is 0.101. The van der Waals surface area contributed by atoms with E-state index in [0.717, 1.165) is 5.56 Å². The maximum absolute atomic E-state index is 11.5. The first-order chi connectivity index (χ1) is 9.56. The van der Waals surface area contributed by atoms with Crippen LogP contribution in [-0.2, 0) is 16.1 Å². The Morgan fingerprint density at radius 2 is 2.05 bits per heavy atom. The summed E-state index contributed by atoms with van der Waals surface area (Å²) in [4.78, 5) is 22.2.